The van der Waals surface area contributed by atoms with Gasteiger partial charge >= 0.3 is 5.97 Å². The Morgan fingerprint density at radius 3 is 2.21 bits per heavy atom. The average molecular weight is 606 g/mol. The van der Waals surface area contributed by atoms with E-state index >= 15 is 0 Å². The van der Waals surface area contributed by atoms with Crippen LogP contribution in [0.25, 0.3) is 0 Å². The first-order valence-electron chi connectivity index (χ1n) is 14.1. The number of nitro groups is 1. The van der Waals surface area contributed by atoms with E-state index in [1.807, 2.05) is 65.6 Å². The van der Waals surface area contributed by atoms with Gasteiger partial charge in [0.15, 0.2) is 4.90 Å². The van der Waals surface area contributed by atoms with Gasteiger partial charge in [-0.05, 0) is 18.9 Å². The van der Waals surface area contributed by atoms with Gasteiger partial charge in [0.25, 0.3) is 5.69 Å². The zero-order chi connectivity index (χ0) is 30.2. The highest BCUT2D eigenvalue weighted by Gasteiger charge is 2.60. The lowest BCUT2D eigenvalue weighted by molar-refractivity contribution is -0.387. The maximum atomic E-state index is 13.8. The standard InChI is InChI=1S/C30H31N5O7S/c36-28(32-17-18-33(23-15-16-23)43(40,41)27-14-8-7-13-24(27)35(38)39)25-19-31-20-26-29(37)42-30(34(25)26,21-9-3-1-4-10-21)22-11-5-2-6-12-22/h1-14,23,25-26,31H,15-20H2,(H,32,36). The van der Waals surface area contributed by atoms with Gasteiger partial charge in [-0.2, -0.15) is 4.31 Å². The fourth-order valence-electron chi connectivity index (χ4n) is 6.02. The molecule has 2 atom stereocenters. The third-order valence-electron chi connectivity index (χ3n) is 8.10. The molecule has 12 nitrogen and oxygen atoms in total. The van der Waals surface area contributed by atoms with Gasteiger partial charge in [-0.25, -0.2) is 13.3 Å². The summed E-state index contributed by atoms with van der Waals surface area (Å²) in [7, 11) is -4.20. The van der Waals surface area contributed by atoms with Crippen molar-refractivity contribution in [3.05, 3.63) is 106 Å². The Kier molecular flexibility index (Phi) is 7.73. The fourth-order valence-corrected chi connectivity index (χ4v) is 7.87. The zero-order valence-corrected chi connectivity index (χ0v) is 24.0. The molecule has 0 radical (unpaired) electrons. The second-order valence-electron chi connectivity index (χ2n) is 10.8. The molecule has 6 rings (SSSR count). The molecule has 224 valence electrons. The van der Waals surface area contributed by atoms with Gasteiger partial charge in [0, 0.05) is 49.4 Å². The lowest BCUT2D eigenvalue weighted by Crippen LogP contribution is -2.66. The number of nitrogens with one attached hydrogen (secondary N) is 2. The van der Waals surface area contributed by atoms with Crippen LogP contribution in [0.1, 0.15) is 24.0 Å². The second-order valence-corrected chi connectivity index (χ2v) is 12.6. The molecule has 2 unspecified atom stereocenters. The predicted octanol–water partition coefficient (Wildman–Crippen LogP) is 1.96. The van der Waals surface area contributed by atoms with Crippen LogP contribution in [-0.4, -0.2) is 78.7 Å². The van der Waals surface area contributed by atoms with Gasteiger partial charge in [-0.1, -0.05) is 72.8 Å². The molecule has 2 heterocycles. The maximum Gasteiger partial charge on any atom is 0.327 e. The molecule has 3 aliphatic rings. The summed E-state index contributed by atoms with van der Waals surface area (Å²) in [6, 6.07) is 22.0. The summed E-state index contributed by atoms with van der Waals surface area (Å²) in [5.74, 6) is -0.848. The van der Waals surface area contributed by atoms with Crippen molar-refractivity contribution in [3.63, 3.8) is 0 Å². The molecular formula is C30H31N5O7S. The van der Waals surface area contributed by atoms with E-state index in [4.69, 9.17) is 4.74 Å². The SMILES string of the molecule is O=C(NCCN(C1CC1)S(=O)(=O)c1ccccc1[N+](=O)[O-])C1CNCC2C(=O)OC(c3ccccc3)(c3ccccc3)N12. The minimum Gasteiger partial charge on any atom is -0.434 e. The summed E-state index contributed by atoms with van der Waals surface area (Å²) in [5, 5.41) is 17.6. The molecule has 0 aromatic heterocycles. The van der Waals surface area contributed by atoms with Crippen molar-refractivity contribution in [3.8, 4) is 0 Å². The molecule has 1 amide bonds. The lowest BCUT2D eigenvalue weighted by Gasteiger charge is -2.44. The number of sulfonamides is 1. The van der Waals surface area contributed by atoms with E-state index < -0.39 is 50.3 Å². The molecule has 2 saturated heterocycles. The number of ether oxygens (including phenoxy) is 1. The monoisotopic (exact) mass is 605 g/mol. The Morgan fingerprint density at radius 2 is 1.60 bits per heavy atom. The Morgan fingerprint density at radius 1 is 1.00 bits per heavy atom. The number of amides is 1. The number of hydrogen-bond acceptors (Lipinski definition) is 9. The van der Waals surface area contributed by atoms with E-state index in [1.54, 1.807) is 0 Å². The van der Waals surface area contributed by atoms with Crippen LogP contribution in [0.5, 0.6) is 0 Å². The van der Waals surface area contributed by atoms with Crippen LogP contribution >= 0.6 is 0 Å². The van der Waals surface area contributed by atoms with Crippen LogP contribution in [0.3, 0.4) is 0 Å². The molecule has 1 saturated carbocycles. The summed E-state index contributed by atoms with van der Waals surface area (Å²) in [6.07, 6.45) is 1.26. The molecule has 0 spiro atoms. The van der Waals surface area contributed by atoms with Crippen LogP contribution < -0.4 is 10.6 Å². The smallest absolute Gasteiger partial charge is 0.327 e. The third kappa shape index (κ3) is 5.18. The van der Waals surface area contributed by atoms with Gasteiger partial charge in [-0.15, -0.1) is 0 Å². The number of cyclic esters (lactones) is 1. The molecule has 43 heavy (non-hydrogen) atoms. The van der Waals surface area contributed by atoms with Gasteiger partial charge in [0.1, 0.15) is 12.1 Å². The van der Waals surface area contributed by atoms with Crippen molar-refractivity contribution >= 4 is 27.6 Å². The highest BCUT2D eigenvalue weighted by Crippen LogP contribution is 2.45. The van der Waals surface area contributed by atoms with Crippen molar-refractivity contribution in [2.45, 2.75) is 41.6 Å². The van der Waals surface area contributed by atoms with E-state index in [0.717, 1.165) is 6.07 Å². The predicted molar refractivity (Wildman–Crippen MR) is 155 cm³/mol. The van der Waals surface area contributed by atoms with Crippen LogP contribution in [0, 0.1) is 10.1 Å². The lowest BCUT2D eigenvalue weighted by atomic mass is 9.90. The number of hydrogen-bond donors (Lipinski definition) is 2. The van der Waals surface area contributed by atoms with E-state index in [1.165, 1.54) is 22.5 Å². The topological polar surface area (TPSA) is 151 Å². The van der Waals surface area contributed by atoms with Crippen molar-refractivity contribution in [2.24, 2.45) is 0 Å². The Bertz CT molecular complexity index is 1590. The van der Waals surface area contributed by atoms with Gasteiger partial charge in [-0.3, -0.25) is 19.7 Å². The molecule has 0 bridgehead atoms. The van der Waals surface area contributed by atoms with Crippen LogP contribution in [0.2, 0.25) is 0 Å². The molecule has 13 heteroatoms. The van der Waals surface area contributed by atoms with Gasteiger partial charge in [0.05, 0.1) is 4.92 Å². The van der Waals surface area contributed by atoms with E-state index in [9.17, 15) is 28.1 Å². The number of para-hydroxylation sites is 1. The molecule has 2 N–H and O–H groups in total. The third-order valence-corrected chi connectivity index (χ3v) is 10.1. The highest BCUT2D eigenvalue weighted by atomic mass is 32.2. The fraction of sp³-hybridized carbons (Fsp3) is 0.333. The number of carbonyl (C=O) groups is 2. The number of esters is 1. The van der Waals surface area contributed by atoms with E-state index in [-0.39, 0.29) is 30.6 Å². The van der Waals surface area contributed by atoms with Crippen LogP contribution in [0.4, 0.5) is 5.69 Å². The van der Waals surface area contributed by atoms with Crippen LogP contribution in [0.15, 0.2) is 89.8 Å². The van der Waals surface area contributed by atoms with Crippen molar-refractivity contribution in [1.82, 2.24) is 19.8 Å². The number of fused-ring (bicyclic) bond motifs is 1. The van der Waals surface area contributed by atoms with Crippen LogP contribution in [-0.2, 0) is 30.1 Å². The highest BCUT2D eigenvalue weighted by molar-refractivity contribution is 7.89. The molecular weight excluding hydrogens is 574 g/mol. The minimum atomic E-state index is -4.20. The molecule has 3 aromatic rings. The second kappa shape index (κ2) is 11.5. The first-order valence-corrected chi connectivity index (χ1v) is 15.5. The van der Waals surface area contributed by atoms with Gasteiger partial charge < -0.3 is 15.4 Å². The summed E-state index contributed by atoms with van der Waals surface area (Å²) < 4.78 is 34.5. The molecule has 2 aliphatic heterocycles. The number of carbonyl (C=O) groups excluding carboxylic acids is 2. The molecule has 3 fully saturated rings. The Balaban J connectivity index is 1.26. The largest absolute Gasteiger partial charge is 0.434 e. The summed E-state index contributed by atoms with van der Waals surface area (Å²) in [6.45, 7) is 0.448. The summed E-state index contributed by atoms with van der Waals surface area (Å²) in [5.41, 5.74) is -0.433. The summed E-state index contributed by atoms with van der Waals surface area (Å²) >= 11 is 0. The number of nitrogens with zero attached hydrogens (tertiary/aromatic N) is 3. The molecule has 3 aromatic carbocycles. The number of piperazine rings is 1. The number of rotatable bonds is 10. The maximum absolute atomic E-state index is 13.8. The minimum absolute atomic E-state index is 0.0251. The number of benzene rings is 3. The quantitative estimate of drug-likeness (QED) is 0.201. The van der Waals surface area contributed by atoms with E-state index in [2.05, 4.69) is 10.6 Å². The number of nitro benzene ring substituents is 1. The van der Waals surface area contributed by atoms with Crippen molar-refractivity contribution in [1.29, 1.82) is 0 Å². The van der Waals surface area contributed by atoms with Crippen molar-refractivity contribution in [2.75, 3.05) is 26.2 Å². The van der Waals surface area contributed by atoms with Gasteiger partial charge in [0.2, 0.25) is 21.7 Å². The van der Waals surface area contributed by atoms with Crippen molar-refractivity contribution < 1.29 is 27.7 Å². The zero-order valence-electron chi connectivity index (χ0n) is 23.2. The first-order chi connectivity index (χ1) is 20.7. The molecule has 1 aliphatic carbocycles. The first kappa shape index (κ1) is 28.9. The van der Waals surface area contributed by atoms with E-state index in [0.29, 0.717) is 30.5 Å². The normalized spacial score (nSPS) is 21.7. The summed E-state index contributed by atoms with van der Waals surface area (Å²) in [4.78, 5) is 39.4. The Labute approximate surface area is 248 Å². The average Bonchev–Trinajstić information content (AvgIpc) is 3.82. The Hall–Kier alpha value is -4.17.